The summed E-state index contributed by atoms with van der Waals surface area (Å²) in [6.45, 7) is 2.71. The van der Waals surface area contributed by atoms with Crippen LogP contribution >= 0.6 is 0 Å². The third-order valence-corrected chi connectivity index (χ3v) is 3.65. The van der Waals surface area contributed by atoms with E-state index in [0.29, 0.717) is 18.9 Å². The molecule has 112 valence electrons. The number of nitrogens with one attached hydrogen (secondary N) is 1. The van der Waals surface area contributed by atoms with Crippen LogP contribution in [0.25, 0.3) is 0 Å². The van der Waals surface area contributed by atoms with Crippen LogP contribution in [-0.4, -0.2) is 24.2 Å². The van der Waals surface area contributed by atoms with Crippen LogP contribution in [-0.2, 0) is 4.79 Å². The molecule has 0 heterocycles. The Morgan fingerprint density at radius 3 is 2.55 bits per heavy atom. The molecule has 0 saturated heterocycles. The molecule has 0 aromatic heterocycles. The molecule has 4 nitrogen and oxygen atoms in total. The summed E-state index contributed by atoms with van der Waals surface area (Å²) in [5.41, 5.74) is 6.48. The summed E-state index contributed by atoms with van der Waals surface area (Å²) < 4.78 is 0. The van der Waals surface area contributed by atoms with Crippen molar-refractivity contribution in [1.29, 1.82) is 0 Å². The van der Waals surface area contributed by atoms with Crippen LogP contribution in [0, 0.1) is 5.92 Å². The number of carbonyl (C=O) groups excluding carboxylic acids is 1. The van der Waals surface area contributed by atoms with Crippen molar-refractivity contribution < 1.29 is 9.90 Å². The molecule has 0 fully saturated rings. The number of hydrogen-bond acceptors (Lipinski definition) is 3. The first-order chi connectivity index (χ1) is 9.71. The van der Waals surface area contributed by atoms with Gasteiger partial charge in [0, 0.05) is 6.42 Å². The van der Waals surface area contributed by atoms with Gasteiger partial charge in [-0.05, 0) is 30.9 Å². The summed E-state index contributed by atoms with van der Waals surface area (Å²) >= 11 is 0. The minimum absolute atomic E-state index is 0.0108. The Morgan fingerprint density at radius 1 is 1.30 bits per heavy atom. The minimum atomic E-state index is -0.321. The molecule has 0 spiro atoms. The predicted molar refractivity (Wildman–Crippen MR) is 81.1 cm³/mol. The SMILES string of the molecule is CCC(CCN)CCC(=O)N[C@H](CO)c1ccccc1. The van der Waals surface area contributed by atoms with Crippen LogP contribution < -0.4 is 11.1 Å². The largest absolute Gasteiger partial charge is 0.394 e. The Kier molecular flexibility index (Phi) is 7.92. The van der Waals surface area contributed by atoms with Crippen molar-refractivity contribution in [2.24, 2.45) is 11.7 Å². The highest BCUT2D eigenvalue weighted by atomic mass is 16.3. The zero-order chi connectivity index (χ0) is 14.8. The first kappa shape index (κ1) is 16.7. The smallest absolute Gasteiger partial charge is 0.220 e. The highest BCUT2D eigenvalue weighted by Gasteiger charge is 2.14. The van der Waals surface area contributed by atoms with E-state index in [4.69, 9.17) is 5.73 Å². The van der Waals surface area contributed by atoms with Crippen molar-refractivity contribution in [3.63, 3.8) is 0 Å². The fourth-order valence-electron chi connectivity index (χ4n) is 2.31. The Balaban J connectivity index is 2.44. The molecule has 1 aromatic rings. The maximum Gasteiger partial charge on any atom is 0.220 e. The summed E-state index contributed by atoms with van der Waals surface area (Å²) in [6.07, 6.45) is 3.35. The molecule has 0 aliphatic rings. The van der Waals surface area contributed by atoms with Crippen molar-refractivity contribution >= 4 is 5.91 Å². The van der Waals surface area contributed by atoms with E-state index in [1.54, 1.807) is 0 Å². The number of rotatable bonds is 9. The van der Waals surface area contributed by atoms with Gasteiger partial charge >= 0.3 is 0 Å². The molecule has 0 radical (unpaired) electrons. The van der Waals surface area contributed by atoms with Crippen LogP contribution in [0.4, 0.5) is 0 Å². The van der Waals surface area contributed by atoms with Crippen molar-refractivity contribution in [2.75, 3.05) is 13.2 Å². The highest BCUT2D eigenvalue weighted by Crippen LogP contribution is 2.16. The molecular formula is C16H26N2O2. The number of carbonyl (C=O) groups is 1. The lowest BCUT2D eigenvalue weighted by molar-refractivity contribution is -0.122. The van der Waals surface area contributed by atoms with Crippen LogP contribution in [0.1, 0.15) is 44.2 Å². The Labute approximate surface area is 121 Å². The van der Waals surface area contributed by atoms with Crippen molar-refractivity contribution in [3.05, 3.63) is 35.9 Å². The Hall–Kier alpha value is -1.39. The van der Waals surface area contributed by atoms with Gasteiger partial charge in [-0.2, -0.15) is 0 Å². The number of benzene rings is 1. The van der Waals surface area contributed by atoms with Crippen molar-refractivity contribution in [1.82, 2.24) is 5.32 Å². The first-order valence-corrected chi connectivity index (χ1v) is 7.36. The second kappa shape index (κ2) is 9.50. The van der Waals surface area contributed by atoms with Gasteiger partial charge in [0.05, 0.1) is 12.6 Å². The molecule has 1 rings (SSSR count). The third-order valence-electron chi connectivity index (χ3n) is 3.65. The molecule has 4 heteroatoms. The van der Waals surface area contributed by atoms with E-state index in [9.17, 15) is 9.90 Å². The Morgan fingerprint density at radius 2 is 2.00 bits per heavy atom. The molecule has 1 aromatic carbocycles. The van der Waals surface area contributed by atoms with E-state index in [1.165, 1.54) is 0 Å². The second-order valence-corrected chi connectivity index (χ2v) is 5.10. The maximum absolute atomic E-state index is 12.0. The van der Waals surface area contributed by atoms with Crippen molar-refractivity contribution in [2.45, 2.75) is 38.6 Å². The molecule has 4 N–H and O–H groups in total. The molecular weight excluding hydrogens is 252 g/mol. The highest BCUT2D eigenvalue weighted by molar-refractivity contribution is 5.76. The fraction of sp³-hybridized carbons (Fsp3) is 0.562. The number of aliphatic hydroxyl groups excluding tert-OH is 1. The van der Waals surface area contributed by atoms with Crippen molar-refractivity contribution in [3.8, 4) is 0 Å². The summed E-state index contributed by atoms with van der Waals surface area (Å²) in [5, 5.41) is 12.3. The molecule has 1 amide bonds. The van der Waals surface area contributed by atoms with Gasteiger partial charge in [0.15, 0.2) is 0 Å². The van der Waals surface area contributed by atoms with E-state index in [-0.39, 0.29) is 18.6 Å². The zero-order valence-electron chi connectivity index (χ0n) is 12.2. The van der Waals surface area contributed by atoms with Crippen LogP contribution in [0.15, 0.2) is 30.3 Å². The molecule has 0 bridgehead atoms. The van der Waals surface area contributed by atoms with E-state index in [1.807, 2.05) is 30.3 Å². The average Bonchev–Trinajstić information content (AvgIpc) is 2.49. The number of nitrogens with two attached hydrogens (primary N) is 1. The molecule has 1 unspecified atom stereocenters. The topological polar surface area (TPSA) is 75.4 Å². The normalized spacial score (nSPS) is 13.8. The van der Waals surface area contributed by atoms with E-state index in [0.717, 1.165) is 24.8 Å². The van der Waals surface area contributed by atoms with Crippen LogP contribution in [0.2, 0.25) is 0 Å². The summed E-state index contributed by atoms with van der Waals surface area (Å²) in [5.74, 6) is 0.499. The molecule has 0 aliphatic heterocycles. The van der Waals surface area contributed by atoms with Crippen LogP contribution in [0.5, 0.6) is 0 Å². The van der Waals surface area contributed by atoms with Crippen LogP contribution in [0.3, 0.4) is 0 Å². The lowest BCUT2D eigenvalue weighted by Crippen LogP contribution is -2.31. The van der Waals surface area contributed by atoms with Gasteiger partial charge in [-0.3, -0.25) is 4.79 Å². The number of amides is 1. The van der Waals surface area contributed by atoms with Gasteiger partial charge in [-0.25, -0.2) is 0 Å². The maximum atomic E-state index is 12.0. The summed E-state index contributed by atoms with van der Waals surface area (Å²) in [7, 11) is 0. The molecule has 0 aliphatic carbocycles. The van der Waals surface area contributed by atoms with Gasteiger partial charge in [-0.15, -0.1) is 0 Å². The fourth-order valence-corrected chi connectivity index (χ4v) is 2.31. The Bertz CT molecular complexity index is 381. The average molecular weight is 278 g/mol. The molecule has 2 atom stereocenters. The lowest BCUT2D eigenvalue weighted by atomic mass is 9.96. The number of aliphatic hydroxyl groups is 1. The van der Waals surface area contributed by atoms with E-state index < -0.39 is 0 Å². The summed E-state index contributed by atoms with van der Waals surface area (Å²) in [4.78, 5) is 12.0. The lowest BCUT2D eigenvalue weighted by Gasteiger charge is -2.18. The first-order valence-electron chi connectivity index (χ1n) is 7.36. The van der Waals surface area contributed by atoms with E-state index >= 15 is 0 Å². The van der Waals surface area contributed by atoms with Gasteiger partial charge in [0.2, 0.25) is 5.91 Å². The quantitative estimate of drug-likeness (QED) is 0.646. The summed E-state index contributed by atoms with van der Waals surface area (Å²) in [6, 6.07) is 9.21. The van der Waals surface area contributed by atoms with Gasteiger partial charge in [0.1, 0.15) is 0 Å². The van der Waals surface area contributed by atoms with Gasteiger partial charge in [0.25, 0.3) is 0 Å². The standard InChI is InChI=1S/C16H26N2O2/c1-2-13(10-11-17)8-9-16(20)18-15(12-19)14-6-4-3-5-7-14/h3-7,13,15,19H,2,8-12,17H2,1H3,(H,18,20)/t13?,15-/m1/s1. The second-order valence-electron chi connectivity index (χ2n) is 5.10. The predicted octanol–water partition coefficient (Wildman–Crippen LogP) is 1.99. The molecule has 20 heavy (non-hydrogen) atoms. The third kappa shape index (κ3) is 5.72. The number of hydrogen-bond donors (Lipinski definition) is 3. The van der Waals surface area contributed by atoms with Gasteiger partial charge in [-0.1, -0.05) is 43.7 Å². The minimum Gasteiger partial charge on any atom is -0.394 e. The molecule has 0 saturated carbocycles. The van der Waals surface area contributed by atoms with E-state index in [2.05, 4.69) is 12.2 Å². The van der Waals surface area contributed by atoms with Gasteiger partial charge < -0.3 is 16.2 Å². The monoisotopic (exact) mass is 278 g/mol. The zero-order valence-corrected chi connectivity index (χ0v) is 12.2.